The van der Waals surface area contributed by atoms with Gasteiger partial charge in [0.05, 0.1) is 0 Å². The second-order valence-electron chi connectivity index (χ2n) is 9.74. The molecule has 0 saturated heterocycles. The summed E-state index contributed by atoms with van der Waals surface area (Å²) in [6, 6.07) is 18.3. The third-order valence-electron chi connectivity index (χ3n) is 6.80. The topological polar surface area (TPSA) is 113 Å². The van der Waals surface area contributed by atoms with Crippen molar-refractivity contribution in [1.82, 2.24) is 25.5 Å². The Labute approximate surface area is 225 Å². The molecule has 0 aliphatic heterocycles. The summed E-state index contributed by atoms with van der Waals surface area (Å²) in [5.41, 5.74) is 2.57. The van der Waals surface area contributed by atoms with E-state index < -0.39 is 11.9 Å². The first-order valence-electron chi connectivity index (χ1n) is 12.9. The van der Waals surface area contributed by atoms with Gasteiger partial charge in [-0.3, -0.25) is 14.5 Å². The number of rotatable bonds is 8. The van der Waals surface area contributed by atoms with E-state index in [9.17, 15) is 19.1 Å². The fourth-order valence-corrected chi connectivity index (χ4v) is 4.86. The predicted octanol–water partition coefficient (Wildman–Crippen LogP) is 4.33. The van der Waals surface area contributed by atoms with Gasteiger partial charge in [0.15, 0.2) is 0 Å². The highest BCUT2D eigenvalue weighted by atomic mass is 19.1. The Morgan fingerprint density at radius 1 is 1.08 bits per heavy atom. The fraction of sp³-hybridized carbons (Fsp3) is 0.276. The molecule has 3 aromatic carbocycles. The maximum absolute atomic E-state index is 14.0. The molecule has 39 heavy (non-hydrogen) atoms. The van der Waals surface area contributed by atoms with Crippen LogP contribution in [0.1, 0.15) is 42.9 Å². The molecule has 2 amide bonds. The molecule has 200 valence electrons. The van der Waals surface area contributed by atoms with E-state index in [1.54, 1.807) is 18.2 Å². The van der Waals surface area contributed by atoms with Crippen LogP contribution < -0.4 is 10.2 Å². The van der Waals surface area contributed by atoms with Crippen molar-refractivity contribution >= 4 is 17.5 Å². The molecule has 1 heterocycles. The first-order chi connectivity index (χ1) is 18.9. The molecule has 0 radical (unpaired) electrons. The van der Waals surface area contributed by atoms with Gasteiger partial charge in [-0.2, -0.15) is 4.80 Å². The number of phenols is 1. The Morgan fingerprint density at radius 2 is 1.79 bits per heavy atom. The number of tetrazole rings is 1. The van der Waals surface area contributed by atoms with Crippen LogP contribution in [0.15, 0.2) is 72.8 Å². The lowest BCUT2D eigenvalue weighted by Gasteiger charge is -2.32. The summed E-state index contributed by atoms with van der Waals surface area (Å²) in [6.45, 7) is 1.63. The molecule has 1 saturated carbocycles. The van der Waals surface area contributed by atoms with Crippen LogP contribution in [0.5, 0.6) is 5.75 Å². The number of anilines is 1. The lowest BCUT2D eigenvalue weighted by atomic mass is 10.0. The number of aromatic hydroxyl groups is 1. The predicted molar refractivity (Wildman–Crippen MR) is 143 cm³/mol. The number of nitrogens with zero attached hydrogens (tertiary/aromatic N) is 5. The van der Waals surface area contributed by atoms with Gasteiger partial charge in [-0.25, -0.2) is 4.39 Å². The summed E-state index contributed by atoms with van der Waals surface area (Å²) in [5.74, 6) is -0.809. The van der Waals surface area contributed by atoms with Crippen LogP contribution >= 0.6 is 0 Å². The summed E-state index contributed by atoms with van der Waals surface area (Å²) in [6.07, 6.45) is 3.87. The third kappa shape index (κ3) is 6.11. The van der Waals surface area contributed by atoms with E-state index >= 15 is 0 Å². The lowest BCUT2D eigenvalue weighted by molar-refractivity contribution is -0.127. The molecule has 4 aromatic rings. The fourth-order valence-electron chi connectivity index (χ4n) is 4.86. The van der Waals surface area contributed by atoms with E-state index in [1.807, 2.05) is 25.1 Å². The van der Waals surface area contributed by atoms with Gasteiger partial charge in [0.2, 0.25) is 11.7 Å². The quantitative estimate of drug-likeness (QED) is 0.352. The number of aryl methyl sites for hydroxylation is 1. The number of nitrogens with one attached hydrogen (secondary N) is 1. The molecule has 9 nitrogen and oxygen atoms in total. The van der Waals surface area contributed by atoms with Crippen LogP contribution in [0.4, 0.5) is 10.1 Å². The second kappa shape index (κ2) is 11.4. The number of benzene rings is 3. The van der Waals surface area contributed by atoms with Crippen molar-refractivity contribution in [1.29, 1.82) is 0 Å². The Balaban J connectivity index is 1.50. The van der Waals surface area contributed by atoms with Crippen molar-refractivity contribution in [3.05, 3.63) is 89.7 Å². The number of amides is 2. The van der Waals surface area contributed by atoms with Gasteiger partial charge in [0.1, 0.15) is 24.2 Å². The van der Waals surface area contributed by atoms with Crippen LogP contribution in [0.25, 0.3) is 11.4 Å². The third-order valence-corrected chi connectivity index (χ3v) is 6.80. The molecular weight excluding hydrogens is 499 g/mol. The lowest BCUT2D eigenvalue weighted by Crippen LogP contribution is -2.47. The first-order valence-corrected chi connectivity index (χ1v) is 12.9. The Hall–Kier alpha value is -4.60. The molecular formula is C29H29FN6O3. The van der Waals surface area contributed by atoms with Gasteiger partial charge in [0, 0.05) is 17.3 Å². The molecule has 1 aliphatic carbocycles. The highest BCUT2D eigenvalue weighted by molar-refractivity contribution is 6.01. The largest absolute Gasteiger partial charge is 0.508 e. The molecule has 0 unspecified atom stereocenters. The maximum atomic E-state index is 14.0. The van der Waals surface area contributed by atoms with E-state index in [2.05, 4.69) is 20.7 Å². The number of carbonyl (C=O) groups excluding carboxylic acids is 2. The molecule has 1 fully saturated rings. The second-order valence-corrected chi connectivity index (χ2v) is 9.74. The molecule has 1 aromatic heterocycles. The minimum atomic E-state index is -0.999. The van der Waals surface area contributed by atoms with Gasteiger partial charge in [-0.15, -0.1) is 10.2 Å². The standard InChI is InChI=1S/C29H29FN6O3/c1-19-5-4-8-24(17-19)36(26(38)18-35-33-28(32-34-35)21-9-13-22(30)14-10-21)27(20-11-15-25(37)16-12-20)29(39)31-23-6-2-3-7-23/h4-5,8-17,23,27,37H,2-3,6-7,18H2,1H3,(H,31,39)/t27-/m0/s1. The summed E-state index contributed by atoms with van der Waals surface area (Å²) in [7, 11) is 0. The Bertz CT molecular complexity index is 1450. The van der Waals surface area contributed by atoms with E-state index in [1.165, 1.54) is 41.3 Å². The number of hydrogen-bond donors (Lipinski definition) is 2. The van der Waals surface area contributed by atoms with E-state index in [0.29, 0.717) is 16.8 Å². The van der Waals surface area contributed by atoms with Crippen molar-refractivity contribution in [3.8, 4) is 17.1 Å². The minimum Gasteiger partial charge on any atom is -0.508 e. The minimum absolute atomic E-state index is 0.0434. The number of hydrogen-bond acceptors (Lipinski definition) is 6. The SMILES string of the molecule is Cc1cccc(N(C(=O)Cn2nnc(-c3ccc(F)cc3)n2)[C@H](C(=O)NC2CCCC2)c2ccc(O)cc2)c1. The number of carbonyl (C=O) groups is 2. The van der Waals surface area contributed by atoms with Crippen molar-refractivity contribution in [2.75, 3.05) is 4.90 Å². The summed E-state index contributed by atoms with van der Waals surface area (Å²) < 4.78 is 13.3. The van der Waals surface area contributed by atoms with Crippen LogP contribution in [0.2, 0.25) is 0 Å². The van der Waals surface area contributed by atoms with Crippen LogP contribution in [-0.4, -0.2) is 43.2 Å². The number of phenolic OH excluding ortho intramolecular Hbond substituents is 1. The van der Waals surface area contributed by atoms with Crippen LogP contribution in [0, 0.1) is 12.7 Å². The molecule has 0 bridgehead atoms. The van der Waals surface area contributed by atoms with E-state index in [4.69, 9.17) is 0 Å². The number of aromatic nitrogens is 4. The van der Waals surface area contributed by atoms with Gasteiger partial charge in [0.25, 0.3) is 5.91 Å². The highest BCUT2D eigenvalue weighted by Gasteiger charge is 2.34. The van der Waals surface area contributed by atoms with Crippen molar-refractivity contribution in [2.45, 2.75) is 51.2 Å². The zero-order chi connectivity index (χ0) is 27.4. The molecule has 2 N–H and O–H groups in total. The van der Waals surface area contributed by atoms with Crippen LogP contribution in [-0.2, 0) is 16.1 Å². The van der Waals surface area contributed by atoms with Crippen molar-refractivity contribution in [2.24, 2.45) is 0 Å². The first kappa shape index (κ1) is 26.0. The van der Waals surface area contributed by atoms with Crippen molar-refractivity contribution in [3.63, 3.8) is 0 Å². The molecule has 1 atom stereocenters. The smallest absolute Gasteiger partial charge is 0.251 e. The van der Waals surface area contributed by atoms with Crippen molar-refractivity contribution < 1.29 is 19.1 Å². The van der Waals surface area contributed by atoms with E-state index in [0.717, 1.165) is 36.0 Å². The Morgan fingerprint density at radius 3 is 2.49 bits per heavy atom. The molecule has 5 rings (SSSR count). The van der Waals surface area contributed by atoms with E-state index in [-0.39, 0.29) is 35.9 Å². The summed E-state index contributed by atoms with van der Waals surface area (Å²) in [5, 5.41) is 25.4. The molecule has 1 aliphatic rings. The maximum Gasteiger partial charge on any atom is 0.251 e. The Kier molecular flexibility index (Phi) is 7.62. The zero-order valence-corrected chi connectivity index (χ0v) is 21.5. The average Bonchev–Trinajstić information content (AvgIpc) is 3.60. The van der Waals surface area contributed by atoms with Gasteiger partial charge >= 0.3 is 0 Å². The van der Waals surface area contributed by atoms with Crippen LogP contribution in [0.3, 0.4) is 0 Å². The average molecular weight is 529 g/mol. The summed E-state index contributed by atoms with van der Waals surface area (Å²) in [4.78, 5) is 30.4. The highest BCUT2D eigenvalue weighted by Crippen LogP contribution is 2.31. The normalized spacial score (nSPS) is 14.2. The van der Waals surface area contributed by atoms with Gasteiger partial charge < -0.3 is 10.4 Å². The van der Waals surface area contributed by atoms with Gasteiger partial charge in [-0.1, -0.05) is 37.1 Å². The summed E-state index contributed by atoms with van der Waals surface area (Å²) >= 11 is 0. The zero-order valence-electron chi connectivity index (χ0n) is 21.5. The molecule has 10 heteroatoms. The monoisotopic (exact) mass is 528 g/mol. The molecule has 0 spiro atoms. The van der Waals surface area contributed by atoms with Gasteiger partial charge in [-0.05, 0) is 84.6 Å². The number of halogens is 1.